The summed E-state index contributed by atoms with van der Waals surface area (Å²) in [6.07, 6.45) is 18.9. The van der Waals surface area contributed by atoms with Crippen molar-refractivity contribution in [2.45, 2.75) is 92.7 Å². The Hall–Kier alpha value is -1.80. The number of hydrogen-bond donors (Lipinski definition) is 1. The third kappa shape index (κ3) is 4.64. The molecule has 1 unspecified atom stereocenters. The van der Waals surface area contributed by atoms with Crippen molar-refractivity contribution in [3.8, 4) is 0 Å². The number of cyclic esters (lactones) is 1. The summed E-state index contributed by atoms with van der Waals surface area (Å²) in [6, 6.07) is -0.387. The van der Waals surface area contributed by atoms with Crippen LogP contribution in [-0.4, -0.2) is 81.1 Å². The molecule has 4 heterocycles. The van der Waals surface area contributed by atoms with Crippen molar-refractivity contribution in [2.24, 2.45) is 11.8 Å². The maximum absolute atomic E-state index is 14.3. The van der Waals surface area contributed by atoms with Gasteiger partial charge in [0.1, 0.15) is 6.04 Å². The van der Waals surface area contributed by atoms with Crippen molar-refractivity contribution in [3.63, 3.8) is 0 Å². The smallest absolute Gasteiger partial charge is 0.311 e. The molecule has 1 saturated carbocycles. The molecule has 2 amide bonds. The molecule has 3 fully saturated rings. The van der Waals surface area contributed by atoms with Crippen molar-refractivity contribution in [1.82, 2.24) is 9.80 Å². The summed E-state index contributed by atoms with van der Waals surface area (Å²) in [5, 5.41) is 9.05. The second-order valence-electron chi connectivity index (χ2n) is 10.9. The molecule has 1 N–H and O–H groups in total. The molecule has 36 heavy (non-hydrogen) atoms. The molecule has 8 heteroatoms. The zero-order valence-electron chi connectivity index (χ0n) is 21.2. The van der Waals surface area contributed by atoms with Crippen molar-refractivity contribution < 1.29 is 24.2 Å². The number of unbranched alkanes of at least 4 members (excludes halogenated alkanes) is 2. The predicted molar refractivity (Wildman–Crippen MR) is 139 cm³/mol. The number of carbonyl (C=O) groups excluding carboxylic acids is 3. The van der Waals surface area contributed by atoms with Gasteiger partial charge in [0.15, 0.2) is 0 Å². The fourth-order valence-corrected chi connectivity index (χ4v) is 8.97. The highest BCUT2D eigenvalue weighted by Gasteiger charge is 2.71. The van der Waals surface area contributed by atoms with Crippen LogP contribution in [0, 0.1) is 11.8 Å². The summed E-state index contributed by atoms with van der Waals surface area (Å²) in [5.74, 6) is -1.53. The Bertz CT molecular complexity index is 900. The third-order valence-electron chi connectivity index (χ3n) is 8.70. The Kier molecular flexibility index (Phi) is 8.11. The average Bonchev–Trinajstić information content (AvgIpc) is 3.27. The zero-order chi connectivity index (χ0) is 25.1. The summed E-state index contributed by atoms with van der Waals surface area (Å²) in [6.45, 7) is 1.55. The highest BCUT2D eigenvalue weighted by molar-refractivity contribution is 8.02. The van der Waals surface area contributed by atoms with Crippen LogP contribution in [0.15, 0.2) is 24.3 Å². The van der Waals surface area contributed by atoms with Crippen molar-refractivity contribution >= 4 is 29.5 Å². The van der Waals surface area contributed by atoms with Gasteiger partial charge in [0.05, 0.1) is 23.2 Å². The van der Waals surface area contributed by atoms with Crippen LogP contribution in [0.5, 0.6) is 0 Å². The lowest BCUT2D eigenvalue weighted by atomic mass is 9.78. The summed E-state index contributed by atoms with van der Waals surface area (Å²) >= 11 is 1.63. The van der Waals surface area contributed by atoms with E-state index in [0.717, 1.165) is 57.8 Å². The van der Waals surface area contributed by atoms with Gasteiger partial charge in [0, 0.05) is 31.0 Å². The van der Waals surface area contributed by atoms with Gasteiger partial charge >= 0.3 is 5.97 Å². The van der Waals surface area contributed by atoms with Gasteiger partial charge in [-0.3, -0.25) is 14.4 Å². The number of likely N-dealkylation sites (tertiary alicyclic amines) is 1. The Morgan fingerprint density at radius 2 is 1.83 bits per heavy atom. The lowest BCUT2D eigenvalue weighted by Gasteiger charge is -2.39. The van der Waals surface area contributed by atoms with Crippen LogP contribution in [0.2, 0.25) is 0 Å². The lowest BCUT2D eigenvalue weighted by Crippen LogP contribution is -2.55. The number of aliphatic hydroxyl groups is 1. The fourth-order valence-electron chi connectivity index (χ4n) is 6.97. The Balaban J connectivity index is 1.52. The molecule has 0 aromatic rings. The molecule has 5 rings (SSSR count). The number of thioether (sulfide) groups is 1. The number of aliphatic hydroxyl groups excluding tert-OH is 1. The monoisotopic (exact) mass is 516 g/mol. The molecule has 198 valence electrons. The normalized spacial score (nSPS) is 36.2. The second-order valence-corrected chi connectivity index (χ2v) is 12.4. The Morgan fingerprint density at radius 1 is 1.00 bits per heavy atom. The number of esters is 1. The minimum absolute atomic E-state index is 0.0403. The SMILES string of the molecule is O=C1OCCCC/C=C\[C@@H]2S[C@]34C=CCN(C5CCCCC5)C(=O)C3N(CCCCCO)C(=O)[C@@H]4[C@H]12. The first-order valence-electron chi connectivity index (χ1n) is 14.0. The summed E-state index contributed by atoms with van der Waals surface area (Å²) in [7, 11) is 0. The van der Waals surface area contributed by atoms with Gasteiger partial charge in [-0.15, -0.1) is 11.8 Å². The third-order valence-corrected chi connectivity index (χ3v) is 10.4. The number of fused-ring (bicyclic) bond motifs is 2. The van der Waals surface area contributed by atoms with Crippen molar-refractivity contribution in [3.05, 3.63) is 24.3 Å². The number of rotatable bonds is 6. The summed E-state index contributed by atoms with van der Waals surface area (Å²) in [4.78, 5) is 45.7. The molecule has 1 aliphatic carbocycles. The minimum atomic E-state index is -0.763. The van der Waals surface area contributed by atoms with E-state index in [1.54, 1.807) is 16.7 Å². The maximum Gasteiger partial charge on any atom is 0.311 e. The van der Waals surface area contributed by atoms with Gasteiger partial charge in [-0.2, -0.15) is 0 Å². The molecule has 0 bridgehead atoms. The average molecular weight is 517 g/mol. The number of allylic oxidation sites excluding steroid dienone is 1. The molecule has 2 saturated heterocycles. The predicted octanol–water partition coefficient (Wildman–Crippen LogP) is 3.46. The molecule has 0 aromatic carbocycles. The largest absolute Gasteiger partial charge is 0.465 e. The lowest BCUT2D eigenvalue weighted by molar-refractivity contribution is -0.153. The van der Waals surface area contributed by atoms with E-state index in [1.807, 2.05) is 4.90 Å². The summed E-state index contributed by atoms with van der Waals surface area (Å²) in [5.41, 5.74) is 0. The topological polar surface area (TPSA) is 87.2 Å². The zero-order valence-corrected chi connectivity index (χ0v) is 22.0. The number of hydrogen-bond acceptors (Lipinski definition) is 6. The van der Waals surface area contributed by atoms with E-state index in [4.69, 9.17) is 4.74 Å². The van der Waals surface area contributed by atoms with Crippen molar-refractivity contribution in [2.75, 3.05) is 26.3 Å². The second kappa shape index (κ2) is 11.3. The van der Waals surface area contributed by atoms with E-state index in [0.29, 0.717) is 26.1 Å². The van der Waals surface area contributed by atoms with Gasteiger partial charge in [0.25, 0.3) is 0 Å². The molecule has 4 aliphatic heterocycles. The van der Waals surface area contributed by atoms with Gasteiger partial charge in [0.2, 0.25) is 11.8 Å². The van der Waals surface area contributed by atoms with Crippen LogP contribution in [0.1, 0.15) is 70.6 Å². The minimum Gasteiger partial charge on any atom is -0.465 e. The van der Waals surface area contributed by atoms with Gasteiger partial charge < -0.3 is 19.6 Å². The first kappa shape index (κ1) is 25.8. The fraction of sp³-hybridized carbons (Fsp3) is 0.750. The quantitative estimate of drug-likeness (QED) is 0.331. The Labute approximate surface area is 218 Å². The molecule has 7 nitrogen and oxygen atoms in total. The number of nitrogens with zero attached hydrogens (tertiary/aromatic N) is 2. The highest BCUT2D eigenvalue weighted by Crippen LogP contribution is 2.60. The van der Waals surface area contributed by atoms with Crippen LogP contribution in [0.3, 0.4) is 0 Å². The van der Waals surface area contributed by atoms with E-state index in [2.05, 4.69) is 24.3 Å². The van der Waals surface area contributed by atoms with E-state index in [1.165, 1.54) is 6.42 Å². The van der Waals surface area contributed by atoms with E-state index in [9.17, 15) is 19.5 Å². The van der Waals surface area contributed by atoms with E-state index < -0.39 is 22.6 Å². The molecular formula is C28H40N2O5S. The number of amides is 2. The molecule has 0 radical (unpaired) electrons. The standard InChI is InChI=1S/C28H40N2O5S/c31-18-9-4-8-16-30-24-26(33)29(20-12-5-3-6-13-20)17-11-15-28(24)23(25(30)32)22-21(36-28)14-7-1-2-10-19-35-27(22)34/h7,11,14-15,20-24,31H,1-6,8-10,12-13,16-19H2/b14-7-/t21-,22+,23-,24?,28-/m0/s1. The number of ether oxygens (including phenoxy) is 1. The van der Waals surface area contributed by atoms with E-state index in [-0.39, 0.29) is 35.7 Å². The van der Waals surface area contributed by atoms with Gasteiger partial charge in [-0.25, -0.2) is 0 Å². The Morgan fingerprint density at radius 3 is 2.64 bits per heavy atom. The van der Waals surface area contributed by atoms with Gasteiger partial charge in [-0.1, -0.05) is 43.6 Å². The first-order valence-corrected chi connectivity index (χ1v) is 14.9. The van der Waals surface area contributed by atoms with Crippen LogP contribution in [-0.2, 0) is 19.1 Å². The summed E-state index contributed by atoms with van der Waals surface area (Å²) < 4.78 is 4.92. The molecule has 0 aromatic heterocycles. The molecule has 5 aliphatic rings. The first-order chi connectivity index (χ1) is 17.6. The molecule has 1 spiro atoms. The molecular weight excluding hydrogens is 476 g/mol. The molecule has 5 atom stereocenters. The van der Waals surface area contributed by atoms with Crippen LogP contribution in [0.25, 0.3) is 0 Å². The van der Waals surface area contributed by atoms with Crippen LogP contribution in [0.4, 0.5) is 0 Å². The maximum atomic E-state index is 14.3. The number of carbonyl (C=O) groups is 3. The van der Waals surface area contributed by atoms with E-state index >= 15 is 0 Å². The highest BCUT2D eigenvalue weighted by atomic mass is 32.2. The van der Waals surface area contributed by atoms with Crippen LogP contribution < -0.4 is 0 Å². The van der Waals surface area contributed by atoms with Crippen molar-refractivity contribution in [1.29, 1.82) is 0 Å². The van der Waals surface area contributed by atoms with Gasteiger partial charge in [-0.05, 0) is 51.4 Å². The van der Waals surface area contributed by atoms with Crippen LogP contribution >= 0.6 is 11.8 Å².